The molecule has 0 fully saturated rings. The lowest BCUT2D eigenvalue weighted by molar-refractivity contribution is 0.743. The minimum Gasteiger partial charge on any atom is -0.323 e. The molecule has 3 rings (SSSR count). The maximum absolute atomic E-state index is 4.55. The fourth-order valence-electron chi connectivity index (χ4n) is 2.11. The second kappa shape index (κ2) is 5.93. The number of aryl methyl sites for hydroxylation is 3. The Bertz CT molecular complexity index is 759. The third kappa shape index (κ3) is 2.95. The molecule has 0 spiro atoms. The largest absolute Gasteiger partial charge is 0.323 e. The monoisotopic (exact) mass is 294 g/mol. The molecule has 0 atom stereocenters. The number of anilines is 2. The van der Waals surface area contributed by atoms with Gasteiger partial charge in [-0.1, -0.05) is 13.0 Å². The van der Waals surface area contributed by atoms with Crippen LogP contribution in [0.1, 0.15) is 18.3 Å². The van der Waals surface area contributed by atoms with Gasteiger partial charge in [0.1, 0.15) is 11.5 Å². The zero-order valence-corrected chi connectivity index (χ0v) is 12.9. The van der Waals surface area contributed by atoms with Gasteiger partial charge in [-0.15, -0.1) is 0 Å². The molecule has 1 N–H and O–H groups in total. The first kappa shape index (κ1) is 14.2. The number of hydrogen-bond acceptors (Lipinski definition) is 5. The number of hydrogen-bond donors (Lipinski definition) is 1. The molecule has 0 amide bonds. The lowest BCUT2D eigenvalue weighted by atomic mass is 10.3. The van der Waals surface area contributed by atoms with Crippen LogP contribution in [0.25, 0.3) is 11.5 Å². The fourth-order valence-corrected chi connectivity index (χ4v) is 2.11. The lowest BCUT2D eigenvalue weighted by Gasteiger charge is -2.07. The first-order chi connectivity index (χ1) is 10.7. The molecule has 22 heavy (non-hydrogen) atoms. The predicted molar refractivity (Wildman–Crippen MR) is 85.9 cm³/mol. The normalized spacial score (nSPS) is 10.7. The van der Waals surface area contributed by atoms with E-state index in [0.29, 0.717) is 5.82 Å². The molecule has 0 unspecified atom stereocenters. The zero-order chi connectivity index (χ0) is 15.5. The van der Waals surface area contributed by atoms with E-state index >= 15 is 0 Å². The second-order valence-electron chi connectivity index (χ2n) is 5.06. The highest BCUT2D eigenvalue weighted by Gasteiger charge is 2.09. The lowest BCUT2D eigenvalue weighted by Crippen LogP contribution is -2.02. The van der Waals surface area contributed by atoms with E-state index in [1.165, 1.54) is 0 Å². The van der Waals surface area contributed by atoms with Crippen LogP contribution in [0.15, 0.2) is 36.5 Å². The fraction of sp³-hybridized carbons (Fsp3) is 0.250. The molecular weight excluding hydrogens is 276 g/mol. The van der Waals surface area contributed by atoms with Crippen molar-refractivity contribution >= 4 is 11.6 Å². The first-order valence-corrected chi connectivity index (χ1v) is 7.22. The van der Waals surface area contributed by atoms with Gasteiger partial charge in [-0.3, -0.25) is 9.67 Å². The van der Waals surface area contributed by atoms with Gasteiger partial charge in [0, 0.05) is 36.8 Å². The molecule has 0 radical (unpaired) electrons. The van der Waals surface area contributed by atoms with E-state index in [1.54, 1.807) is 6.20 Å². The van der Waals surface area contributed by atoms with Gasteiger partial charge in [0.05, 0.1) is 0 Å². The van der Waals surface area contributed by atoms with E-state index in [1.807, 2.05) is 49.0 Å². The Kier molecular flexibility index (Phi) is 3.82. The summed E-state index contributed by atoms with van der Waals surface area (Å²) >= 11 is 0. The molecule has 6 heteroatoms. The van der Waals surface area contributed by atoms with Crippen molar-refractivity contribution in [3.05, 3.63) is 47.9 Å². The number of aromatic nitrogens is 5. The average Bonchev–Trinajstić information content (AvgIpc) is 2.85. The van der Waals surface area contributed by atoms with Crippen molar-refractivity contribution in [3.63, 3.8) is 0 Å². The van der Waals surface area contributed by atoms with Crippen molar-refractivity contribution < 1.29 is 0 Å². The molecule has 0 aromatic carbocycles. The molecular formula is C16H18N6. The van der Waals surface area contributed by atoms with Crippen LogP contribution in [0.5, 0.6) is 0 Å². The Morgan fingerprint density at radius 2 is 2.00 bits per heavy atom. The quantitative estimate of drug-likeness (QED) is 0.801. The van der Waals surface area contributed by atoms with E-state index in [9.17, 15) is 0 Å². The Balaban J connectivity index is 1.97. The maximum Gasteiger partial charge on any atom is 0.180 e. The predicted octanol–water partition coefficient (Wildman–Crippen LogP) is 2.89. The molecule has 3 aromatic heterocycles. The van der Waals surface area contributed by atoms with E-state index in [4.69, 9.17) is 0 Å². The third-order valence-electron chi connectivity index (χ3n) is 3.41. The SMILES string of the molecule is CCc1cc(Nc2cc(C)n(C)n2)nc(-c2ccccn2)n1. The number of rotatable bonds is 4. The molecule has 6 nitrogen and oxygen atoms in total. The summed E-state index contributed by atoms with van der Waals surface area (Å²) in [5, 5.41) is 7.63. The van der Waals surface area contributed by atoms with Gasteiger partial charge < -0.3 is 5.32 Å². The number of pyridine rings is 1. The summed E-state index contributed by atoms with van der Waals surface area (Å²) < 4.78 is 1.82. The molecule has 0 saturated carbocycles. The molecule has 0 saturated heterocycles. The summed E-state index contributed by atoms with van der Waals surface area (Å²) in [7, 11) is 1.91. The van der Waals surface area contributed by atoms with Crippen LogP contribution < -0.4 is 5.32 Å². The van der Waals surface area contributed by atoms with Crippen LogP contribution in [0, 0.1) is 6.92 Å². The summed E-state index contributed by atoms with van der Waals surface area (Å²) in [6.07, 6.45) is 2.57. The van der Waals surface area contributed by atoms with Crippen LogP contribution >= 0.6 is 0 Å². The van der Waals surface area contributed by atoms with E-state index in [0.717, 1.165) is 35.1 Å². The minimum absolute atomic E-state index is 0.620. The summed E-state index contributed by atoms with van der Waals surface area (Å²) in [6.45, 7) is 4.08. The summed E-state index contributed by atoms with van der Waals surface area (Å²) in [4.78, 5) is 13.4. The van der Waals surface area contributed by atoms with Crippen molar-refractivity contribution in [2.75, 3.05) is 5.32 Å². The van der Waals surface area contributed by atoms with Gasteiger partial charge in [0.2, 0.25) is 0 Å². The summed E-state index contributed by atoms with van der Waals surface area (Å²) in [6, 6.07) is 9.64. The highest BCUT2D eigenvalue weighted by Crippen LogP contribution is 2.19. The zero-order valence-electron chi connectivity index (χ0n) is 12.9. The van der Waals surface area contributed by atoms with Crippen LogP contribution in [-0.4, -0.2) is 24.7 Å². The van der Waals surface area contributed by atoms with Crippen LogP contribution in [0.3, 0.4) is 0 Å². The Hall–Kier alpha value is -2.76. The molecule has 0 aliphatic rings. The Morgan fingerprint density at radius 3 is 2.64 bits per heavy atom. The Morgan fingerprint density at radius 1 is 1.14 bits per heavy atom. The van der Waals surface area contributed by atoms with E-state index in [-0.39, 0.29) is 0 Å². The van der Waals surface area contributed by atoms with Crippen molar-refractivity contribution in [2.45, 2.75) is 20.3 Å². The van der Waals surface area contributed by atoms with E-state index < -0.39 is 0 Å². The van der Waals surface area contributed by atoms with E-state index in [2.05, 4.69) is 32.3 Å². The van der Waals surface area contributed by atoms with Gasteiger partial charge in [0.25, 0.3) is 0 Å². The molecule has 3 aromatic rings. The van der Waals surface area contributed by atoms with Gasteiger partial charge in [-0.2, -0.15) is 5.10 Å². The second-order valence-corrected chi connectivity index (χ2v) is 5.06. The highest BCUT2D eigenvalue weighted by atomic mass is 15.3. The smallest absolute Gasteiger partial charge is 0.180 e. The van der Waals surface area contributed by atoms with Gasteiger partial charge >= 0.3 is 0 Å². The van der Waals surface area contributed by atoms with Crippen LogP contribution in [0.4, 0.5) is 11.6 Å². The van der Waals surface area contributed by atoms with Crippen molar-refractivity contribution in [1.82, 2.24) is 24.7 Å². The molecule has 112 valence electrons. The van der Waals surface area contributed by atoms with Crippen molar-refractivity contribution in [3.8, 4) is 11.5 Å². The summed E-state index contributed by atoms with van der Waals surface area (Å²) in [5.74, 6) is 2.12. The molecule has 0 aliphatic carbocycles. The van der Waals surface area contributed by atoms with Gasteiger partial charge in [0.15, 0.2) is 11.6 Å². The number of nitrogens with one attached hydrogen (secondary N) is 1. The van der Waals surface area contributed by atoms with Crippen molar-refractivity contribution in [1.29, 1.82) is 0 Å². The molecule has 3 heterocycles. The first-order valence-electron chi connectivity index (χ1n) is 7.22. The molecule has 0 aliphatic heterocycles. The highest BCUT2D eigenvalue weighted by molar-refractivity contribution is 5.57. The standard InChI is InChI=1S/C16H18N6/c1-4-12-10-14(19-15-9-11(2)22(3)21-15)20-16(18-12)13-7-5-6-8-17-13/h5-10H,4H2,1-3H3,(H,18,19,20,21). The maximum atomic E-state index is 4.55. The average molecular weight is 294 g/mol. The minimum atomic E-state index is 0.620. The third-order valence-corrected chi connectivity index (χ3v) is 3.41. The molecule has 0 bridgehead atoms. The topological polar surface area (TPSA) is 68.5 Å². The summed E-state index contributed by atoms with van der Waals surface area (Å²) in [5.41, 5.74) is 2.81. The van der Waals surface area contributed by atoms with Gasteiger partial charge in [-0.25, -0.2) is 9.97 Å². The van der Waals surface area contributed by atoms with Crippen LogP contribution in [0.2, 0.25) is 0 Å². The van der Waals surface area contributed by atoms with Gasteiger partial charge in [-0.05, 0) is 25.5 Å². The van der Waals surface area contributed by atoms with Crippen LogP contribution in [-0.2, 0) is 13.5 Å². The number of nitrogens with zero attached hydrogens (tertiary/aromatic N) is 5. The van der Waals surface area contributed by atoms with Crippen molar-refractivity contribution in [2.24, 2.45) is 7.05 Å². The Labute approximate surface area is 129 Å².